The number of nitrogens with zero attached hydrogens (tertiary/aromatic N) is 2. The topological polar surface area (TPSA) is 24.7 Å². The van der Waals surface area contributed by atoms with Crippen molar-refractivity contribution < 1.29 is 16.5 Å². The molecule has 47 heavy (non-hydrogen) atoms. The van der Waals surface area contributed by atoms with Gasteiger partial charge in [0.1, 0.15) is 0 Å². The van der Waals surface area contributed by atoms with Crippen LogP contribution in [0, 0.1) is 0 Å². The molecule has 2 aromatic carbocycles. The fourth-order valence-electron chi connectivity index (χ4n) is 6.41. The molecule has 2 nitrogen and oxygen atoms in total. The van der Waals surface area contributed by atoms with Gasteiger partial charge in [-0.1, -0.05) is 131 Å². The van der Waals surface area contributed by atoms with E-state index < -0.39 is 0 Å². The predicted octanol–water partition coefficient (Wildman–Crippen LogP) is 14.6. The number of unbranched alkanes of at least 4 members (excludes halogenated alkanes) is 12. The van der Waals surface area contributed by atoms with Gasteiger partial charge in [0.15, 0.2) is 0 Å². The summed E-state index contributed by atoms with van der Waals surface area (Å²) in [4.78, 5) is 11.1. The van der Waals surface area contributed by atoms with E-state index in [9.17, 15) is 0 Å². The SMILES string of the molecule is CCCCCCC(=N\c1cc(CCCCC)cc(CCCCC)c1)/C(CCCC)=N/c1cc(CCCCC)cc(CCCCC)c1.[Ni]. The molecule has 0 fully saturated rings. The predicted molar refractivity (Wildman–Crippen MR) is 208 cm³/mol. The van der Waals surface area contributed by atoms with Crippen LogP contribution >= 0.6 is 0 Å². The second-order valence-electron chi connectivity index (χ2n) is 13.9. The first-order valence-corrected chi connectivity index (χ1v) is 20.0. The van der Waals surface area contributed by atoms with Crippen LogP contribution in [0.5, 0.6) is 0 Å². The molecule has 0 aliphatic heterocycles. The fraction of sp³-hybridized carbons (Fsp3) is 0.682. The van der Waals surface area contributed by atoms with Gasteiger partial charge in [0.2, 0.25) is 0 Å². The molecule has 268 valence electrons. The summed E-state index contributed by atoms with van der Waals surface area (Å²) >= 11 is 0. The van der Waals surface area contributed by atoms with Crippen LogP contribution in [0.1, 0.15) is 192 Å². The largest absolute Gasteiger partial charge is 0.252 e. The van der Waals surface area contributed by atoms with E-state index in [-0.39, 0.29) is 16.5 Å². The van der Waals surface area contributed by atoms with Crippen molar-refractivity contribution in [2.75, 3.05) is 0 Å². The quantitative estimate of drug-likeness (QED) is 0.0507. The Hall–Kier alpha value is -1.73. The van der Waals surface area contributed by atoms with Crippen molar-refractivity contribution in [3.8, 4) is 0 Å². The van der Waals surface area contributed by atoms with Crippen LogP contribution in [-0.4, -0.2) is 11.4 Å². The van der Waals surface area contributed by atoms with Crippen LogP contribution in [0.15, 0.2) is 46.4 Å². The molecule has 0 aliphatic rings. The van der Waals surface area contributed by atoms with Crippen LogP contribution < -0.4 is 0 Å². The van der Waals surface area contributed by atoms with Crippen molar-refractivity contribution in [2.45, 2.75) is 196 Å². The summed E-state index contributed by atoms with van der Waals surface area (Å²) < 4.78 is 0. The number of hydrogen-bond acceptors (Lipinski definition) is 2. The summed E-state index contributed by atoms with van der Waals surface area (Å²) in [5.74, 6) is 0. The number of aryl methyl sites for hydroxylation is 4. The smallest absolute Gasteiger partial charge is 0.0639 e. The van der Waals surface area contributed by atoms with Gasteiger partial charge in [0, 0.05) is 16.5 Å². The molecule has 2 rings (SSSR count). The van der Waals surface area contributed by atoms with Crippen LogP contribution in [0.4, 0.5) is 11.4 Å². The number of rotatable bonds is 27. The monoisotopic (exact) mass is 687 g/mol. The van der Waals surface area contributed by atoms with Crippen molar-refractivity contribution in [1.29, 1.82) is 0 Å². The van der Waals surface area contributed by atoms with Crippen molar-refractivity contribution in [3.63, 3.8) is 0 Å². The van der Waals surface area contributed by atoms with Gasteiger partial charge in [-0.15, -0.1) is 0 Å². The standard InChI is InChI=1S/C44H72N2.Ni/c1-7-13-19-24-30-44(46-42-35-39(27-22-16-10-4)32-40(36-42)28-23-17-11-5)43(29-18-12-6)45-41-33-37(25-20-14-8-2)31-38(34-41)26-21-15-9-3;/h31-36H,7-30H2,1-6H3;/b45-43+,46-44+;. The Morgan fingerprint density at radius 2 is 0.660 bits per heavy atom. The van der Waals surface area contributed by atoms with Crippen LogP contribution in [-0.2, 0) is 42.2 Å². The Kier molecular flexibility index (Phi) is 25.9. The summed E-state index contributed by atoms with van der Waals surface area (Å²) in [7, 11) is 0. The molecule has 0 N–H and O–H groups in total. The van der Waals surface area contributed by atoms with E-state index in [2.05, 4.69) is 77.9 Å². The third-order valence-corrected chi connectivity index (χ3v) is 9.25. The molecule has 0 spiro atoms. The fourth-order valence-corrected chi connectivity index (χ4v) is 6.41. The van der Waals surface area contributed by atoms with Gasteiger partial charge in [-0.2, -0.15) is 0 Å². The first-order valence-electron chi connectivity index (χ1n) is 20.0. The van der Waals surface area contributed by atoms with Gasteiger partial charge < -0.3 is 0 Å². The van der Waals surface area contributed by atoms with Gasteiger partial charge in [-0.3, -0.25) is 9.98 Å². The Morgan fingerprint density at radius 1 is 0.362 bits per heavy atom. The third kappa shape index (κ3) is 19.2. The molecule has 0 saturated carbocycles. The molecule has 0 radical (unpaired) electrons. The third-order valence-electron chi connectivity index (χ3n) is 9.25. The zero-order valence-electron chi connectivity index (χ0n) is 31.6. The maximum atomic E-state index is 5.54. The van der Waals surface area contributed by atoms with Crippen molar-refractivity contribution in [3.05, 3.63) is 58.7 Å². The van der Waals surface area contributed by atoms with Crippen LogP contribution in [0.2, 0.25) is 0 Å². The minimum absolute atomic E-state index is 0. The second kappa shape index (κ2) is 28.1. The van der Waals surface area contributed by atoms with Crippen molar-refractivity contribution >= 4 is 22.8 Å². The molecule has 2 aromatic rings. The molecule has 0 amide bonds. The zero-order valence-corrected chi connectivity index (χ0v) is 32.6. The molecule has 0 bridgehead atoms. The van der Waals surface area contributed by atoms with Gasteiger partial charge in [-0.05, 0) is 124 Å². The maximum Gasteiger partial charge on any atom is 0.0639 e. The molecular weight excluding hydrogens is 615 g/mol. The van der Waals surface area contributed by atoms with Crippen molar-refractivity contribution in [2.24, 2.45) is 9.98 Å². The average molecular weight is 688 g/mol. The molecule has 0 aliphatic carbocycles. The Bertz CT molecular complexity index is 1080. The van der Waals surface area contributed by atoms with Gasteiger partial charge in [0.25, 0.3) is 0 Å². The van der Waals surface area contributed by atoms with Crippen LogP contribution in [0.25, 0.3) is 0 Å². The van der Waals surface area contributed by atoms with E-state index in [1.165, 1.54) is 143 Å². The molecule has 0 saturated heterocycles. The summed E-state index contributed by atoms with van der Waals surface area (Å²) in [5.41, 5.74) is 10.6. The van der Waals surface area contributed by atoms with Crippen molar-refractivity contribution in [1.82, 2.24) is 0 Å². The van der Waals surface area contributed by atoms with E-state index >= 15 is 0 Å². The van der Waals surface area contributed by atoms with Gasteiger partial charge >= 0.3 is 0 Å². The van der Waals surface area contributed by atoms with Crippen LogP contribution in [0.3, 0.4) is 0 Å². The Balaban J connectivity index is 0.0000110. The molecule has 0 heterocycles. The minimum atomic E-state index is 0. The Morgan fingerprint density at radius 3 is 0.979 bits per heavy atom. The Labute approximate surface area is 302 Å². The van der Waals surface area contributed by atoms with E-state index in [1.807, 2.05) is 0 Å². The van der Waals surface area contributed by atoms with Gasteiger partial charge in [0.05, 0.1) is 22.8 Å². The number of aliphatic imine (C=N–C) groups is 2. The average Bonchev–Trinajstić information content (AvgIpc) is 3.05. The molecule has 3 heteroatoms. The van der Waals surface area contributed by atoms with Gasteiger partial charge in [-0.25, -0.2) is 0 Å². The molecule has 0 aromatic heterocycles. The zero-order chi connectivity index (χ0) is 33.2. The summed E-state index contributed by atoms with van der Waals surface area (Å²) in [6, 6.07) is 14.5. The van der Waals surface area contributed by atoms with E-state index in [0.717, 1.165) is 56.3 Å². The molecular formula is C44H72N2Ni. The van der Waals surface area contributed by atoms with E-state index in [0.29, 0.717) is 0 Å². The molecule has 0 unspecified atom stereocenters. The van der Waals surface area contributed by atoms with E-state index in [4.69, 9.17) is 9.98 Å². The normalized spacial score (nSPS) is 12.0. The second-order valence-corrected chi connectivity index (χ2v) is 13.9. The first-order chi connectivity index (χ1) is 22.6. The first kappa shape index (κ1) is 43.3. The van der Waals surface area contributed by atoms with E-state index in [1.54, 1.807) is 0 Å². The maximum absolute atomic E-state index is 5.54. The minimum Gasteiger partial charge on any atom is -0.252 e. The molecule has 0 atom stereocenters. The summed E-state index contributed by atoms with van der Waals surface area (Å²) in [6.07, 6.45) is 29.3. The number of hydrogen-bond donors (Lipinski definition) is 0. The summed E-state index contributed by atoms with van der Waals surface area (Å²) in [5, 5.41) is 0. The summed E-state index contributed by atoms with van der Waals surface area (Å²) in [6.45, 7) is 13.8. The number of benzene rings is 2.